The molecule has 0 bridgehead atoms. The molecule has 2 rings (SSSR count). The largest absolute Gasteiger partial charge is 0.481 e. The molecule has 1 amide bonds. The summed E-state index contributed by atoms with van der Waals surface area (Å²) in [5.41, 5.74) is 1.84. The van der Waals surface area contributed by atoms with Crippen LogP contribution >= 0.6 is 11.6 Å². The summed E-state index contributed by atoms with van der Waals surface area (Å²) in [6.07, 6.45) is -0.705. The number of carbonyl (C=O) groups is 2. The highest BCUT2D eigenvalue weighted by atomic mass is 35.5. The summed E-state index contributed by atoms with van der Waals surface area (Å²) in [5, 5.41) is 2.94. The Morgan fingerprint density at radius 1 is 1.16 bits per heavy atom. The molecule has 5 nitrogen and oxygen atoms in total. The maximum atomic E-state index is 12.3. The molecule has 0 heterocycles. The number of carbonyl (C=O) groups excluding carboxylic acids is 2. The van der Waals surface area contributed by atoms with Crippen LogP contribution in [0.5, 0.6) is 5.75 Å². The van der Waals surface area contributed by atoms with E-state index in [1.165, 1.54) is 6.07 Å². The van der Waals surface area contributed by atoms with Gasteiger partial charge in [-0.25, -0.2) is 4.79 Å². The first-order valence-electron chi connectivity index (χ1n) is 7.91. The van der Waals surface area contributed by atoms with Crippen LogP contribution in [0.4, 0.5) is 5.69 Å². The Morgan fingerprint density at radius 2 is 1.84 bits per heavy atom. The molecule has 0 fully saturated rings. The quantitative estimate of drug-likeness (QED) is 0.782. The molecule has 0 saturated heterocycles. The molecule has 2 aromatic carbocycles. The minimum atomic E-state index is -0.705. The van der Waals surface area contributed by atoms with Crippen molar-refractivity contribution in [1.29, 1.82) is 0 Å². The maximum absolute atomic E-state index is 12.3. The monoisotopic (exact) mass is 361 g/mol. The first-order chi connectivity index (χ1) is 11.9. The van der Waals surface area contributed by atoms with Crippen molar-refractivity contribution in [2.24, 2.45) is 0 Å². The Bertz CT molecular complexity index is 759. The molecule has 1 N–H and O–H groups in total. The lowest BCUT2D eigenvalue weighted by molar-refractivity contribution is -0.122. The van der Waals surface area contributed by atoms with Gasteiger partial charge < -0.3 is 14.8 Å². The lowest BCUT2D eigenvalue weighted by Gasteiger charge is -2.15. The van der Waals surface area contributed by atoms with Crippen molar-refractivity contribution in [3.63, 3.8) is 0 Å². The van der Waals surface area contributed by atoms with Gasteiger partial charge in [-0.1, -0.05) is 29.3 Å². The van der Waals surface area contributed by atoms with Gasteiger partial charge >= 0.3 is 5.97 Å². The number of ether oxygens (including phenoxy) is 2. The van der Waals surface area contributed by atoms with Crippen LogP contribution in [0.25, 0.3) is 0 Å². The van der Waals surface area contributed by atoms with Crippen molar-refractivity contribution >= 4 is 29.2 Å². The van der Waals surface area contributed by atoms with Crippen LogP contribution in [0.15, 0.2) is 42.5 Å². The summed E-state index contributed by atoms with van der Waals surface area (Å²) in [6, 6.07) is 12.0. The Labute approximate surface area is 151 Å². The number of rotatable bonds is 6. The normalized spacial score (nSPS) is 11.5. The fourth-order valence-electron chi connectivity index (χ4n) is 2.07. The minimum Gasteiger partial charge on any atom is -0.481 e. The van der Waals surface area contributed by atoms with Gasteiger partial charge in [0.1, 0.15) is 5.75 Å². The van der Waals surface area contributed by atoms with Crippen LogP contribution in [0.3, 0.4) is 0 Å². The number of hydrogen-bond acceptors (Lipinski definition) is 4. The van der Waals surface area contributed by atoms with Gasteiger partial charge in [0.05, 0.1) is 22.9 Å². The number of hydrogen-bond donors (Lipinski definition) is 1. The van der Waals surface area contributed by atoms with Crippen molar-refractivity contribution in [3.8, 4) is 5.75 Å². The highest BCUT2D eigenvalue weighted by Crippen LogP contribution is 2.24. The molecule has 0 aliphatic heterocycles. The summed E-state index contributed by atoms with van der Waals surface area (Å²) in [7, 11) is 0. The summed E-state index contributed by atoms with van der Waals surface area (Å²) in [5.74, 6) is -0.193. The van der Waals surface area contributed by atoms with E-state index in [-0.39, 0.29) is 17.5 Å². The molecule has 1 atom stereocenters. The predicted molar refractivity (Wildman–Crippen MR) is 97.3 cm³/mol. The van der Waals surface area contributed by atoms with E-state index in [1.54, 1.807) is 38.1 Å². The Hall–Kier alpha value is -2.53. The zero-order valence-corrected chi connectivity index (χ0v) is 15.1. The van der Waals surface area contributed by atoms with E-state index in [2.05, 4.69) is 5.32 Å². The summed E-state index contributed by atoms with van der Waals surface area (Å²) >= 11 is 6.14. The second kappa shape index (κ2) is 8.53. The summed E-state index contributed by atoms with van der Waals surface area (Å²) in [6.45, 7) is 5.63. The number of esters is 1. The van der Waals surface area contributed by atoms with Gasteiger partial charge in [0, 0.05) is 0 Å². The lowest BCUT2D eigenvalue weighted by atomic mass is 10.2. The number of anilines is 1. The van der Waals surface area contributed by atoms with Crippen molar-refractivity contribution < 1.29 is 19.1 Å². The molecule has 132 valence electrons. The topological polar surface area (TPSA) is 64.6 Å². The standard InChI is InChI=1S/C19H20ClNO4/c1-4-24-19(23)14-7-10-17(16(20)11-14)21-18(22)13(3)25-15-8-5-12(2)6-9-15/h5-11,13H,4H2,1-3H3,(H,21,22)/t13-/m1/s1. The molecule has 2 aromatic rings. The predicted octanol–water partition coefficient (Wildman–Crippen LogP) is 4.23. The summed E-state index contributed by atoms with van der Waals surface area (Å²) < 4.78 is 10.5. The molecule has 0 unspecified atom stereocenters. The van der Waals surface area contributed by atoms with Crippen molar-refractivity contribution in [2.45, 2.75) is 26.9 Å². The van der Waals surface area contributed by atoms with Gasteiger partial charge in [-0.15, -0.1) is 0 Å². The highest BCUT2D eigenvalue weighted by molar-refractivity contribution is 6.34. The van der Waals surface area contributed by atoms with Crippen LogP contribution in [0.1, 0.15) is 29.8 Å². The lowest BCUT2D eigenvalue weighted by Crippen LogP contribution is -2.30. The van der Waals surface area contributed by atoms with E-state index in [4.69, 9.17) is 21.1 Å². The van der Waals surface area contributed by atoms with Crippen LogP contribution in [0.2, 0.25) is 5.02 Å². The van der Waals surface area contributed by atoms with Crippen LogP contribution in [-0.2, 0) is 9.53 Å². The smallest absolute Gasteiger partial charge is 0.338 e. The van der Waals surface area contributed by atoms with Gasteiger partial charge in [0.2, 0.25) is 0 Å². The van der Waals surface area contributed by atoms with E-state index in [0.29, 0.717) is 17.0 Å². The zero-order valence-electron chi connectivity index (χ0n) is 14.3. The van der Waals surface area contributed by atoms with Gasteiger partial charge in [0.15, 0.2) is 6.10 Å². The highest BCUT2D eigenvalue weighted by Gasteiger charge is 2.17. The van der Waals surface area contributed by atoms with E-state index in [9.17, 15) is 9.59 Å². The van der Waals surface area contributed by atoms with E-state index in [0.717, 1.165) is 5.56 Å². The number of halogens is 1. The van der Waals surface area contributed by atoms with Gasteiger partial charge in [-0.3, -0.25) is 4.79 Å². The molecule has 25 heavy (non-hydrogen) atoms. The third-order valence-corrected chi connectivity index (χ3v) is 3.75. The summed E-state index contributed by atoms with van der Waals surface area (Å²) in [4.78, 5) is 23.9. The van der Waals surface area contributed by atoms with Crippen molar-refractivity contribution in [2.75, 3.05) is 11.9 Å². The second-order valence-corrected chi connectivity index (χ2v) is 5.88. The number of benzene rings is 2. The Balaban J connectivity index is 2.01. The molecule has 0 saturated carbocycles. The van der Waals surface area contributed by atoms with Crippen LogP contribution in [-0.4, -0.2) is 24.6 Å². The first kappa shape index (κ1) is 18.8. The van der Waals surface area contributed by atoms with Gasteiger partial charge in [0.25, 0.3) is 5.91 Å². The van der Waals surface area contributed by atoms with Gasteiger partial charge in [-0.05, 0) is 51.1 Å². The molecular weight excluding hydrogens is 342 g/mol. The zero-order chi connectivity index (χ0) is 18.4. The number of amides is 1. The average Bonchev–Trinajstić information content (AvgIpc) is 2.58. The fourth-order valence-corrected chi connectivity index (χ4v) is 2.29. The third-order valence-electron chi connectivity index (χ3n) is 3.44. The van der Waals surface area contributed by atoms with Crippen LogP contribution < -0.4 is 10.1 Å². The fraction of sp³-hybridized carbons (Fsp3) is 0.263. The van der Waals surface area contributed by atoms with E-state index in [1.807, 2.05) is 19.1 Å². The molecule has 0 aliphatic carbocycles. The Morgan fingerprint density at radius 3 is 2.44 bits per heavy atom. The third kappa shape index (κ3) is 5.22. The first-order valence-corrected chi connectivity index (χ1v) is 8.29. The van der Waals surface area contributed by atoms with E-state index >= 15 is 0 Å². The molecule has 0 radical (unpaired) electrons. The van der Waals surface area contributed by atoms with Gasteiger partial charge in [-0.2, -0.15) is 0 Å². The Kier molecular flexibility index (Phi) is 6.42. The molecular formula is C19H20ClNO4. The van der Waals surface area contributed by atoms with E-state index < -0.39 is 12.1 Å². The SMILES string of the molecule is CCOC(=O)c1ccc(NC(=O)[C@@H](C)Oc2ccc(C)cc2)c(Cl)c1. The minimum absolute atomic E-state index is 0.251. The molecule has 0 spiro atoms. The van der Waals surface area contributed by atoms with Crippen molar-refractivity contribution in [1.82, 2.24) is 0 Å². The maximum Gasteiger partial charge on any atom is 0.338 e. The molecule has 0 aromatic heterocycles. The number of nitrogens with one attached hydrogen (secondary N) is 1. The average molecular weight is 362 g/mol. The number of aryl methyl sites for hydroxylation is 1. The molecule has 0 aliphatic rings. The second-order valence-electron chi connectivity index (χ2n) is 5.48. The molecule has 6 heteroatoms. The van der Waals surface area contributed by atoms with Crippen LogP contribution in [0, 0.1) is 6.92 Å². The van der Waals surface area contributed by atoms with Crippen molar-refractivity contribution in [3.05, 3.63) is 58.6 Å².